The average molecular weight is 263 g/mol. The molecular formula is C14H21N3O2. The van der Waals surface area contributed by atoms with Crippen LogP contribution in [0.3, 0.4) is 0 Å². The minimum absolute atomic E-state index is 0.0413. The van der Waals surface area contributed by atoms with Crippen LogP contribution in [0.25, 0.3) is 0 Å². The van der Waals surface area contributed by atoms with Crippen molar-refractivity contribution in [2.75, 3.05) is 44.1 Å². The Morgan fingerprint density at radius 3 is 2.84 bits per heavy atom. The molecule has 1 fully saturated rings. The highest BCUT2D eigenvalue weighted by Crippen LogP contribution is 2.21. The van der Waals surface area contributed by atoms with Crippen LogP contribution in [0.15, 0.2) is 18.2 Å². The average Bonchev–Trinajstić information content (AvgIpc) is 2.41. The Balaban J connectivity index is 2.04. The minimum atomic E-state index is -0.262. The first-order valence-electron chi connectivity index (χ1n) is 6.48. The van der Waals surface area contributed by atoms with Gasteiger partial charge >= 0.3 is 0 Å². The molecule has 1 aromatic rings. The van der Waals surface area contributed by atoms with E-state index in [0.717, 1.165) is 23.5 Å². The summed E-state index contributed by atoms with van der Waals surface area (Å²) < 4.78 is 5.29. The highest BCUT2D eigenvalue weighted by atomic mass is 16.5. The fourth-order valence-corrected chi connectivity index (χ4v) is 2.02. The lowest BCUT2D eigenvalue weighted by Crippen LogP contribution is -2.48. The number of hydrogen-bond donors (Lipinski definition) is 2. The van der Waals surface area contributed by atoms with Crippen molar-refractivity contribution in [2.45, 2.75) is 13.0 Å². The van der Waals surface area contributed by atoms with Crippen LogP contribution in [-0.4, -0.2) is 45.8 Å². The van der Waals surface area contributed by atoms with Gasteiger partial charge in [0.05, 0.1) is 13.2 Å². The first-order valence-corrected chi connectivity index (χ1v) is 6.48. The van der Waals surface area contributed by atoms with E-state index in [4.69, 9.17) is 4.74 Å². The van der Waals surface area contributed by atoms with Gasteiger partial charge in [-0.1, -0.05) is 0 Å². The van der Waals surface area contributed by atoms with Crippen LogP contribution in [0.2, 0.25) is 0 Å². The third kappa shape index (κ3) is 3.45. The van der Waals surface area contributed by atoms with Crippen LogP contribution in [0.4, 0.5) is 11.4 Å². The van der Waals surface area contributed by atoms with Crippen molar-refractivity contribution < 1.29 is 9.53 Å². The van der Waals surface area contributed by atoms with Crippen molar-refractivity contribution in [1.29, 1.82) is 0 Å². The molecule has 1 aliphatic rings. The molecule has 5 heteroatoms. The topological polar surface area (TPSA) is 53.6 Å². The molecule has 2 rings (SSSR count). The van der Waals surface area contributed by atoms with Crippen molar-refractivity contribution in [3.8, 4) is 0 Å². The summed E-state index contributed by atoms with van der Waals surface area (Å²) in [6.45, 7) is 3.81. The van der Waals surface area contributed by atoms with E-state index in [2.05, 4.69) is 16.7 Å². The molecule has 1 amide bonds. The monoisotopic (exact) mass is 263 g/mol. The smallest absolute Gasteiger partial charge is 0.243 e. The molecule has 1 atom stereocenters. The van der Waals surface area contributed by atoms with E-state index >= 15 is 0 Å². The molecule has 1 heterocycles. The Kier molecular flexibility index (Phi) is 4.39. The molecule has 2 N–H and O–H groups in total. The van der Waals surface area contributed by atoms with Crippen molar-refractivity contribution in [3.63, 3.8) is 0 Å². The summed E-state index contributed by atoms with van der Waals surface area (Å²) in [5.41, 5.74) is 3.02. The Bertz CT molecular complexity index is 454. The summed E-state index contributed by atoms with van der Waals surface area (Å²) in [5, 5.41) is 6.09. The third-order valence-corrected chi connectivity index (χ3v) is 3.22. The second kappa shape index (κ2) is 6.04. The fraction of sp³-hybridized carbons (Fsp3) is 0.500. The number of anilines is 2. The molecule has 0 radical (unpaired) electrons. The van der Waals surface area contributed by atoms with Crippen molar-refractivity contribution in [3.05, 3.63) is 23.8 Å². The molecule has 0 aromatic heterocycles. The number of amides is 1. The first-order chi connectivity index (χ1) is 9.08. The molecule has 0 spiro atoms. The van der Waals surface area contributed by atoms with Gasteiger partial charge in [-0.15, -0.1) is 0 Å². The van der Waals surface area contributed by atoms with Gasteiger partial charge in [0, 0.05) is 32.0 Å². The van der Waals surface area contributed by atoms with E-state index in [1.165, 1.54) is 0 Å². The van der Waals surface area contributed by atoms with Gasteiger partial charge in [-0.25, -0.2) is 0 Å². The molecule has 0 bridgehead atoms. The number of rotatable bonds is 3. The second-order valence-corrected chi connectivity index (χ2v) is 4.96. The number of nitrogens with one attached hydrogen (secondary N) is 2. The van der Waals surface area contributed by atoms with Gasteiger partial charge in [-0.3, -0.25) is 4.79 Å². The maximum Gasteiger partial charge on any atom is 0.243 e. The largest absolute Gasteiger partial charge is 0.378 e. The van der Waals surface area contributed by atoms with Crippen molar-refractivity contribution >= 4 is 17.3 Å². The van der Waals surface area contributed by atoms with E-state index in [-0.39, 0.29) is 11.9 Å². The van der Waals surface area contributed by atoms with Gasteiger partial charge < -0.3 is 20.3 Å². The van der Waals surface area contributed by atoms with Gasteiger partial charge in [-0.05, 0) is 30.7 Å². The highest BCUT2D eigenvalue weighted by Gasteiger charge is 2.21. The van der Waals surface area contributed by atoms with Gasteiger partial charge in [0.15, 0.2) is 0 Å². The Hall–Kier alpha value is -1.59. The predicted octanol–water partition coefficient (Wildman–Crippen LogP) is 0.988. The molecule has 1 saturated heterocycles. The third-order valence-electron chi connectivity index (χ3n) is 3.22. The normalized spacial score (nSPS) is 19.0. The van der Waals surface area contributed by atoms with E-state index in [0.29, 0.717) is 13.2 Å². The molecular weight excluding hydrogens is 242 g/mol. The number of aryl methyl sites for hydroxylation is 1. The van der Waals surface area contributed by atoms with Crippen molar-refractivity contribution in [1.82, 2.24) is 5.32 Å². The van der Waals surface area contributed by atoms with Gasteiger partial charge in [0.1, 0.15) is 6.04 Å². The molecule has 1 aromatic carbocycles. The summed E-state index contributed by atoms with van der Waals surface area (Å²) >= 11 is 0. The molecule has 104 valence electrons. The Labute approximate surface area is 113 Å². The van der Waals surface area contributed by atoms with E-state index in [1.807, 2.05) is 38.1 Å². The van der Waals surface area contributed by atoms with E-state index in [1.54, 1.807) is 0 Å². The molecule has 1 aliphatic heterocycles. The zero-order chi connectivity index (χ0) is 13.8. The number of ether oxygens (including phenoxy) is 1. The quantitative estimate of drug-likeness (QED) is 0.854. The van der Waals surface area contributed by atoms with Gasteiger partial charge in [0.2, 0.25) is 5.91 Å². The number of carbonyl (C=O) groups is 1. The standard InChI is InChI=1S/C14H21N3O2/c1-10-8-11(17(2)3)4-5-12(10)16-14(18)13-9-19-7-6-15-13/h4-5,8,13,15H,6-7,9H2,1-3H3,(H,16,18). The van der Waals surface area contributed by atoms with Crippen LogP contribution >= 0.6 is 0 Å². The number of nitrogens with zero attached hydrogens (tertiary/aromatic N) is 1. The lowest BCUT2D eigenvalue weighted by Gasteiger charge is -2.23. The maximum absolute atomic E-state index is 12.1. The SMILES string of the molecule is Cc1cc(N(C)C)ccc1NC(=O)C1COCCN1. The minimum Gasteiger partial charge on any atom is -0.378 e. The van der Waals surface area contributed by atoms with E-state index in [9.17, 15) is 4.79 Å². The zero-order valence-electron chi connectivity index (χ0n) is 11.7. The maximum atomic E-state index is 12.1. The lowest BCUT2D eigenvalue weighted by molar-refractivity contribution is -0.120. The summed E-state index contributed by atoms with van der Waals surface area (Å²) in [7, 11) is 3.99. The molecule has 0 saturated carbocycles. The number of carbonyl (C=O) groups excluding carboxylic acids is 1. The highest BCUT2D eigenvalue weighted by molar-refractivity contribution is 5.95. The van der Waals surface area contributed by atoms with Gasteiger partial charge in [-0.2, -0.15) is 0 Å². The van der Waals surface area contributed by atoms with Gasteiger partial charge in [0.25, 0.3) is 0 Å². The Morgan fingerprint density at radius 1 is 1.47 bits per heavy atom. The zero-order valence-corrected chi connectivity index (χ0v) is 11.7. The number of benzene rings is 1. The van der Waals surface area contributed by atoms with E-state index < -0.39 is 0 Å². The molecule has 19 heavy (non-hydrogen) atoms. The van der Waals surface area contributed by atoms with Crippen LogP contribution < -0.4 is 15.5 Å². The molecule has 0 aliphatic carbocycles. The number of morpholine rings is 1. The fourth-order valence-electron chi connectivity index (χ4n) is 2.02. The van der Waals surface area contributed by atoms with Crippen LogP contribution in [0.5, 0.6) is 0 Å². The second-order valence-electron chi connectivity index (χ2n) is 4.96. The summed E-state index contributed by atoms with van der Waals surface area (Å²) in [6.07, 6.45) is 0. The van der Waals surface area contributed by atoms with Crippen LogP contribution in [0, 0.1) is 6.92 Å². The number of hydrogen-bond acceptors (Lipinski definition) is 4. The van der Waals surface area contributed by atoms with Crippen molar-refractivity contribution in [2.24, 2.45) is 0 Å². The Morgan fingerprint density at radius 2 is 2.26 bits per heavy atom. The summed E-state index contributed by atoms with van der Waals surface area (Å²) in [6, 6.07) is 5.72. The lowest BCUT2D eigenvalue weighted by atomic mass is 10.1. The first kappa shape index (κ1) is 13.8. The summed E-state index contributed by atoms with van der Waals surface area (Å²) in [5.74, 6) is -0.0413. The predicted molar refractivity (Wildman–Crippen MR) is 76.7 cm³/mol. The van der Waals surface area contributed by atoms with Crippen LogP contribution in [0.1, 0.15) is 5.56 Å². The summed E-state index contributed by atoms with van der Waals surface area (Å²) in [4.78, 5) is 14.1. The molecule has 1 unspecified atom stereocenters. The molecule has 5 nitrogen and oxygen atoms in total. The van der Waals surface area contributed by atoms with Crippen LogP contribution in [-0.2, 0) is 9.53 Å².